The van der Waals surface area contributed by atoms with Crippen molar-refractivity contribution in [1.29, 1.82) is 0 Å². The largest absolute Gasteiger partial charge is 0.431 e. The lowest BCUT2D eigenvalue weighted by atomic mass is 9.74. The van der Waals surface area contributed by atoms with Gasteiger partial charge >= 0.3 is 5.97 Å². The molecule has 0 amide bonds. The van der Waals surface area contributed by atoms with Crippen LogP contribution in [-0.4, -0.2) is 5.97 Å². The highest BCUT2D eigenvalue weighted by atomic mass is 16.5. The molecule has 0 bridgehead atoms. The van der Waals surface area contributed by atoms with E-state index in [2.05, 4.69) is 19.9 Å². The molecule has 1 saturated carbocycles. The molecule has 0 saturated heterocycles. The van der Waals surface area contributed by atoms with Crippen LogP contribution in [0.4, 0.5) is 0 Å². The molecular weight excluding hydrogens is 248 g/mol. The molecule has 0 aliphatic heterocycles. The first-order chi connectivity index (χ1) is 9.38. The van der Waals surface area contributed by atoms with Crippen LogP contribution < -0.4 is 0 Å². The molecule has 0 spiro atoms. The number of allylic oxidation sites excluding steroid dienone is 2. The van der Waals surface area contributed by atoms with Crippen molar-refractivity contribution in [3.63, 3.8) is 0 Å². The van der Waals surface area contributed by atoms with Crippen molar-refractivity contribution in [2.45, 2.75) is 72.6 Å². The molecule has 2 aliphatic carbocycles. The van der Waals surface area contributed by atoms with E-state index in [1.165, 1.54) is 32.1 Å². The third-order valence-corrected chi connectivity index (χ3v) is 4.82. The van der Waals surface area contributed by atoms with E-state index in [9.17, 15) is 4.79 Å². The number of carbonyl (C=O) groups is 1. The maximum atomic E-state index is 12.4. The molecule has 114 valence electrons. The van der Waals surface area contributed by atoms with E-state index in [0.717, 1.165) is 24.5 Å². The third kappa shape index (κ3) is 3.86. The fraction of sp³-hybridized carbons (Fsp3) is 0.833. The quantitative estimate of drug-likeness (QED) is 0.670. The highest BCUT2D eigenvalue weighted by Gasteiger charge is 2.33. The highest BCUT2D eigenvalue weighted by molar-refractivity contribution is 5.76. The number of esters is 1. The molecule has 0 aromatic rings. The Hall–Kier alpha value is -0.790. The Morgan fingerprint density at radius 3 is 2.70 bits per heavy atom. The summed E-state index contributed by atoms with van der Waals surface area (Å²) >= 11 is 0. The predicted molar refractivity (Wildman–Crippen MR) is 82.1 cm³/mol. The van der Waals surface area contributed by atoms with Crippen LogP contribution in [0.15, 0.2) is 11.8 Å². The van der Waals surface area contributed by atoms with Crippen molar-refractivity contribution in [2.75, 3.05) is 0 Å². The summed E-state index contributed by atoms with van der Waals surface area (Å²) in [6.45, 7) is 8.31. The second-order valence-electron chi connectivity index (χ2n) is 7.75. The lowest BCUT2D eigenvalue weighted by molar-refractivity contribution is -0.151. The Bertz CT molecular complexity index is 379. The van der Waals surface area contributed by atoms with Crippen molar-refractivity contribution >= 4 is 5.97 Å². The molecule has 0 radical (unpaired) electrons. The minimum atomic E-state index is -0.377. The zero-order valence-electron chi connectivity index (χ0n) is 13.6. The Kier molecular flexibility index (Phi) is 4.93. The molecule has 0 aromatic heterocycles. The van der Waals surface area contributed by atoms with E-state index >= 15 is 0 Å². The number of hydrogen-bond acceptors (Lipinski definition) is 2. The predicted octanol–water partition coefficient (Wildman–Crippen LogP) is 5.09. The Morgan fingerprint density at radius 1 is 1.30 bits per heavy atom. The molecule has 0 aromatic carbocycles. The number of ether oxygens (including phenoxy) is 1. The van der Waals surface area contributed by atoms with E-state index < -0.39 is 0 Å². The summed E-state index contributed by atoms with van der Waals surface area (Å²) in [4.78, 5) is 12.4. The topological polar surface area (TPSA) is 26.3 Å². The Balaban J connectivity index is 1.96. The maximum absolute atomic E-state index is 12.4. The van der Waals surface area contributed by atoms with Crippen molar-refractivity contribution in [2.24, 2.45) is 23.2 Å². The van der Waals surface area contributed by atoms with Gasteiger partial charge in [0, 0.05) is 6.42 Å². The van der Waals surface area contributed by atoms with E-state index in [4.69, 9.17) is 4.74 Å². The van der Waals surface area contributed by atoms with Crippen molar-refractivity contribution in [1.82, 2.24) is 0 Å². The van der Waals surface area contributed by atoms with Gasteiger partial charge in [-0.25, -0.2) is 0 Å². The van der Waals surface area contributed by atoms with E-state index in [1.807, 2.05) is 13.8 Å². The van der Waals surface area contributed by atoms with Gasteiger partial charge in [0.15, 0.2) is 0 Å². The van der Waals surface area contributed by atoms with Gasteiger partial charge < -0.3 is 4.74 Å². The van der Waals surface area contributed by atoms with E-state index in [1.54, 1.807) is 0 Å². The minimum absolute atomic E-state index is 0.0493. The average molecular weight is 278 g/mol. The molecule has 1 fully saturated rings. The van der Waals surface area contributed by atoms with Crippen LogP contribution in [0.2, 0.25) is 0 Å². The van der Waals surface area contributed by atoms with Crippen LogP contribution in [0, 0.1) is 23.2 Å². The molecule has 2 aliphatic rings. The fourth-order valence-corrected chi connectivity index (χ4v) is 3.91. The van der Waals surface area contributed by atoms with Crippen LogP contribution in [0.1, 0.15) is 72.6 Å². The summed E-state index contributed by atoms with van der Waals surface area (Å²) in [6.07, 6.45) is 10.6. The highest BCUT2D eigenvalue weighted by Crippen LogP contribution is 2.40. The standard InChI is InChI=1S/C18H30O2/c1-13(2)12-18(3,4)17(19)20-16-10-9-14-7-5-6-8-15(14)11-16/h11,13-15H,5-10,12H2,1-4H3. The molecule has 2 atom stereocenters. The SMILES string of the molecule is CC(C)CC(C)(C)C(=O)OC1=CC2CCCCC2CC1. The monoisotopic (exact) mass is 278 g/mol. The number of hydrogen-bond donors (Lipinski definition) is 0. The summed E-state index contributed by atoms with van der Waals surface area (Å²) < 4.78 is 5.73. The minimum Gasteiger partial charge on any atom is -0.431 e. The second-order valence-corrected chi connectivity index (χ2v) is 7.75. The summed E-state index contributed by atoms with van der Waals surface area (Å²) in [6, 6.07) is 0. The zero-order chi connectivity index (χ0) is 14.8. The summed E-state index contributed by atoms with van der Waals surface area (Å²) in [5.74, 6) is 2.91. The Morgan fingerprint density at radius 2 is 2.00 bits per heavy atom. The van der Waals surface area contributed by atoms with Crippen molar-refractivity contribution in [3.05, 3.63) is 11.8 Å². The molecule has 0 N–H and O–H groups in total. The van der Waals surface area contributed by atoms with Gasteiger partial charge in [-0.3, -0.25) is 4.79 Å². The van der Waals surface area contributed by atoms with Crippen molar-refractivity contribution < 1.29 is 9.53 Å². The number of fused-ring (bicyclic) bond motifs is 1. The molecule has 20 heavy (non-hydrogen) atoms. The normalized spacial score (nSPS) is 26.9. The molecule has 0 heterocycles. The first-order valence-corrected chi connectivity index (χ1v) is 8.31. The van der Waals surface area contributed by atoms with Gasteiger partial charge in [0.2, 0.25) is 0 Å². The molecule has 2 rings (SSSR count). The molecule has 2 heteroatoms. The summed E-state index contributed by atoms with van der Waals surface area (Å²) in [5.41, 5.74) is -0.377. The van der Waals surface area contributed by atoms with Gasteiger partial charge in [-0.1, -0.05) is 26.7 Å². The molecule has 2 nitrogen and oxygen atoms in total. The van der Waals surface area contributed by atoms with Crippen molar-refractivity contribution in [3.8, 4) is 0 Å². The lowest BCUT2D eigenvalue weighted by Crippen LogP contribution is -2.29. The van der Waals surface area contributed by atoms with Crippen LogP contribution in [0.5, 0.6) is 0 Å². The molecular formula is C18H30O2. The number of carbonyl (C=O) groups excluding carboxylic acids is 1. The maximum Gasteiger partial charge on any atom is 0.316 e. The van der Waals surface area contributed by atoms with Crippen LogP contribution >= 0.6 is 0 Å². The van der Waals surface area contributed by atoms with Gasteiger partial charge in [0.05, 0.1) is 5.41 Å². The molecule has 2 unspecified atom stereocenters. The van der Waals surface area contributed by atoms with Gasteiger partial charge in [0.1, 0.15) is 5.76 Å². The van der Waals surface area contributed by atoms with Crippen LogP contribution in [-0.2, 0) is 9.53 Å². The summed E-state index contributed by atoms with van der Waals surface area (Å²) in [5, 5.41) is 0. The van der Waals surface area contributed by atoms with Gasteiger partial charge in [0.25, 0.3) is 0 Å². The summed E-state index contributed by atoms with van der Waals surface area (Å²) in [7, 11) is 0. The van der Waals surface area contributed by atoms with E-state index in [-0.39, 0.29) is 11.4 Å². The average Bonchev–Trinajstić information content (AvgIpc) is 2.37. The first kappa shape index (κ1) is 15.6. The third-order valence-electron chi connectivity index (χ3n) is 4.82. The van der Waals surface area contributed by atoms with Gasteiger partial charge in [-0.05, 0) is 63.4 Å². The van der Waals surface area contributed by atoms with Crippen LogP contribution in [0.25, 0.3) is 0 Å². The lowest BCUT2D eigenvalue weighted by Gasteiger charge is -2.34. The van der Waals surface area contributed by atoms with E-state index in [0.29, 0.717) is 11.8 Å². The smallest absolute Gasteiger partial charge is 0.316 e. The van der Waals surface area contributed by atoms with Gasteiger partial charge in [-0.2, -0.15) is 0 Å². The van der Waals surface area contributed by atoms with Gasteiger partial charge in [-0.15, -0.1) is 0 Å². The Labute approximate surface area is 124 Å². The zero-order valence-corrected chi connectivity index (χ0v) is 13.6. The fourth-order valence-electron chi connectivity index (χ4n) is 3.91. The number of rotatable bonds is 4. The second kappa shape index (κ2) is 6.32. The first-order valence-electron chi connectivity index (χ1n) is 8.31. The van der Waals surface area contributed by atoms with Crippen LogP contribution in [0.3, 0.4) is 0 Å².